The molecule has 1 saturated carbocycles. The van der Waals surface area contributed by atoms with Gasteiger partial charge in [-0.3, -0.25) is 0 Å². The Morgan fingerprint density at radius 3 is 2.62 bits per heavy atom. The molecule has 3 rings (SSSR count). The summed E-state index contributed by atoms with van der Waals surface area (Å²) in [7, 11) is 1.63. The molecule has 2 nitrogen and oxygen atoms in total. The molecule has 1 aliphatic carbocycles. The summed E-state index contributed by atoms with van der Waals surface area (Å²) in [6, 6.07) is 14.8. The van der Waals surface area contributed by atoms with Crippen molar-refractivity contribution in [2.75, 3.05) is 12.4 Å². The molecule has 0 amide bonds. The first-order chi connectivity index (χ1) is 10.2. The second-order valence-corrected chi connectivity index (χ2v) is 6.64. The van der Waals surface area contributed by atoms with Crippen LogP contribution < -0.4 is 10.1 Å². The van der Waals surface area contributed by atoms with E-state index in [-0.39, 0.29) is 0 Å². The van der Waals surface area contributed by atoms with E-state index >= 15 is 0 Å². The summed E-state index contributed by atoms with van der Waals surface area (Å²) in [5.74, 6) is 1.34. The maximum Gasteiger partial charge on any atom is 0.137 e. The Morgan fingerprint density at radius 2 is 1.95 bits per heavy atom. The molecule has 1 fully saturated rings. The number of methoxy groups -OCH3 is 1. The van der Waals surface area contributed by atoms with Crippen LogP contribution in [0.2, 0.25) is 5.02 Å². The van der Waals surface area contributed by atoms with Crippen molar-refractivity contribution in [2.24, 2.45) is 0 Å². The fourth-order valence-corrected chi connectivity index (χ4v) is 3.65. The molecule has 0 heterocycles. The van der Waals surface area contributed by atoms with Gasteiger partial charge >= 0.3 is 0 Å². The van der Waals surface area contributed by atoms with Crippen molar-refractivity contribution in [1.29, 1.82) is 0 Å². The lowest BCUT2D eigenvalue weighted by molar-refractivity contribution is 0.373. The van der Waals surface area contributed by atoms with Gasteiger partial charge in [0, 0.05) is 16.2 Å². The van der Waals surface area contributed by atoms with Gasteiger partial charge in [-0.1, -0.05) is 45.7 Å². The third-order valence-corrected chi connectivity index (χ3v) is 5.02. The summed E-state index contributed by atoms with van der Waals surface area (Å²) < 4.78 is 6.38. The van der Waals surface area contributed by atoms with Gasteiger partial charge in [0.1, 0.15) is 5.75 Å². The molecule has 1 aliphatic rings. The Hall–Kier alpha value is -1.19. The number of halogens is 2. The van der Waals surface area contributed by atoms with Crippen molar-refractivity contribution in [3.05, 3.63) is 57.5 Å². The lowest BCUT2D eigenvalue weighted by atomic mass is 9.76. The fourth-order valence-electron chi connectivity index (χ4n) is 2.79. The topological polar surface area (TPSA) is 21.3 Å². The molecule has 1 N–H and O–H groups in total. The van der Waals surface area contributed by atoms with Crippen LogP contribution in [-0.4, -0.2) is 13.2 Å². The van der Waals surface area contributed by atoms with Crippen LogP contribution in [0.1, 0.15) is 24.3 Å². The minimum Gasteiger partial charge on any atom is -0.495 e. The molecule has 0 radical (unpaired) electrons. The molecule has 110 valence electrons. The van der Waals surface area contributed by atoms with Crippen LogP contribution in [0, 0.1) is 0 Å². The minimum absolute atomic E-state index is 0.506. The molecule has 0 bridgehead atoms. The zero-order valence-electron chi connectivity index (χ0n) is 11.8. The van der Waals surface area contributed by atoms with Crippen LogP contribution in [0.5, 0.6) is 5.75 Å². The van der Waals surface area contributed by atoms with Gasteiger partial charge in [-0.2, -0.15) is 0 Å². The quantitative estimate of drug-likeness (QED) is 0.774. The maximum atomic E-state index is 6.15. The van der Waals surface area contributed by atoms with Gasteiger partial charge in [-0.25, -0.2) is 0 Å². The molecule has 21 heavy (non-hydrogen) atoms. The highest BCUT2D eigenvalue weighted by Crippen LogP contribution is 2.41. The minimum atomic E-state index is 0.506. The van der Waals surface area contributed by atoms with Crippen LogP contribution in [0.25, 0.3) is 0 Å². The van der Waals surface area contributed by atoms with Gasteiger partial charge in [0.2, 0.25) is 0 Å². The second kappa shape index (κ2) is 6.29. The average molecular weight is 367 g/mol. The van der Waals surface area contributed by atoms with E-state index in [0.29, 0.717) is 22.7 Å². The molecule has 0 unspecified atom stereocenters. The molecule has 0 aromatic heterocycles. The number of ether oxygens (including phenoxy) is 1. The lowest BCUT2D eigenvalue weighted by Gasteiger charge is -2.37. The highest BCUT2D eigenvalue weighted by molar-refractivity contribution is 9.10. The van der Waals surface area contributed by atoms with Crippen molar-refractivity contribution < 1.29 is 4.74 Å². The van der Waals surface area contributed by atoms with Gasteiger partial charge < -0.3 is 10.1 Å². The van der Waals surface area contributed by atoms with Crippen molar-refractivity contribution in [1.82, 2.24) is 0 Å². The van der Waals surface area contributed by atoms with E-state index in [9.17, 15) is 0 Å². The Labute approximate surface area is 138 Å². The summed E-state index contributed by atoms with van der Waals surface area (Å²) in [4.78, 5) is 0. The molecule has 0 aliphatic heterocycles. The molecule has 4 heteroatoms. The smallest absolute Gasteiger partial charge is 0.137 e. The number of nitrogens with one attached hydrogen (secondary N) is 1. The predicted octanol–water partition coefficient (Wildman–Crippen LogP) is 5.47. The van der Waals surface area contributed by atoms with Crippen molar-refractivity contribution in [2.45, 2.75) is 24.8 Å². The molecule has 2 aromatic rings. The normalized spacial score (nSPS) is 20.7. The molecule has 0 atom stereocenters. The van der Waals surface area contributed by atoms with Crippen LogP contribution in [-0.2, 0) is 0 Å². The van der Waals surface area contributed by atoms with Gasteiger partial charge in [-0.05, 0) is 48.6 Å². The zero-order chi connectivity index (χ0) is 14.8. The Bertz CT molecular complexity index is 640. The maximum absolute atomic E-state index is 6.15. The van der Waals surface area contributed by atoms with E-state index in [1.165, 1.54) is 10.0 Å². The summed E-state index contributed by atoms with van der Waals surface area (Å²) in [6.07, 6.45) is 2.29. The van der Waals surface area contributed by atoms with Gasteiger partial charge in [0.15, 0.2) is 0 Å². The predicted molar refractivity (Wildman–Crippen MR) is 91.5 cm³/mol. The van der Waals surface area contributed by atoms with Crippen molar-refractivity contribution >= 4 is 33.2 Å². The van der Waals surface area contributed by atoms with E-state index < -0.39 is 0 Å². The van der Waals surface area contributed by atoms with E-state index in [1.54, 1.807) is 7.11 Å². The summed E-state index contributed by atoms with van der Waals surface area (Å²) in [5.41, 5.74) is 2.46. The number of hydrogen-bond acceptors (Lipinski definition) is 2. The number of rotatable bonds is 4. The number of benzene rings is 2. The van der Waals surface area contributed by atoms with Crippen LogP contribution >= 0.6 is 27.5 Å². The summed E-state index contributed by atoms with van der Waals surface area (Å²) in [6.45, 7) is 0. The first-order valence-corrected chi connectivity index (χ1v) is 8.19. The number of anilines is 1. The average Bonchev–Trinajstić information content (AvgIpc) is 2.44. The molecule has 0 saturated heterocycles. The lowest BCUT2D eigenvalue weighted by Crippen LogP contribution is -2.34. The van der Waals surface area contributed by atoms with E-state index in [2.05, 4.69) is 45.5 Å². The van der Waals surface area contributed by atoms with Crippen LogP contribution in [0.4, 0.5) is 5.69 Å². The van der Waals surface area contributed by atoms with E-state index in [0.717, 1.165) is 18.5 Å². The third-order valence-electron chi connectivity index (χ3n) is 4.01. The largest absolute Gasteiger partial charge is 0.495 e. The van der Waals surface area contributed by atoms with Crippen LogP contribution in [0.15, 0.2) is 46.9 Å². The monoisotopic (exact) mass is 365 g/mol. The van der Waals surface area contributed by atoms with Crippen molar-refractivity contribution in [3.63, 3.8) is 0 Å². The van der Waals surface area contributed by atoms with Gasteiger partial charge in [0.05, 0.1) is 12.1 Å². The third kappa shape index (κ3) is 3.19. The van der Waals surface area contributed by atoms with E-state index in [4.69, 9.17) is 16.3 Å². The fraction of sp³-hybridized carbons (Fsp3) is 0.294. The van der Waals surface area contributed by atoms with Gasteiger partial charge in [-0.15, -0.1) is 0 Å². The molecule has 2 aromatic carbocycles. The Balaban J connectivity index is 1.60. The van der Waals surface area contributed by atoms with E-state index in [1.807, 2.05) is 18.2 Å². The first kappa shape index (κ1) is 14.7. The molecular formula is C17H17BrClNO. The number of hydrogen-bond donors (Lipinski definition) is 1. The Morgan fingerprint density at radius 1 is 1.19 bits per heavy atom. The highest BCUT2D eigenvalue weighted by atomic mass is 79.9. The highest BCUT2D eigenvalue weighted by Gasteiger charge is 2.31. The SMILES string of the molecule is COc1ccc(NC2CC(c3ccccc3Br)C2)cc1Cl. The Kier molecular flexibility index (Phi) is 4.41. The summed E-state index contributed by atoms with van der Waals surface area (Å²) >= 11 is 9.78. The van der Waals surface area contributed by atoms with Crippen molar-refractivity contribution in [3.8, 4) is 5.75 Å². The van der Waals surface area contributed by atoms with Crippen LogP contribution in [0.3, 0.4) is 0 Å². The standard InChI is InChI=1S/C17H17BrClNO/c1-21-17-7-6-12(10-16(17)19)20-13-8-11(9-13)14-4-2-3-5-15(14)18/h2-7,10-11,13,20H,8-9H2,1H3. The second-order valence-electron chi connectivity index (χ2n) is 5.38. The zero-order valence-corrected chi connectivity index (χ0v) is 14.1. The van der Waals surface area contributed by atoms with Gasteiger partial charge in [0.25, 0.3) is 0 Å². The molecule has 0 spiro atoms. The first-order valence-electron chi connectivity index (χ1n) is 7.02. The molecular weight excluding hydrogens is 350 g/mol. The summed E-state index contributed by atoms with van der Waals surface area (Å²) in [5, 5.41) is 4.18.